The summed E-state index contributed by atoms with van der Waals surface area (Å²) in [5.41, 5.74) is 1.66. The molecule has 10 heteroatoms. The Labute approximate surface area is 177 Å². The molecule has 2 heterocycles. The summed E-state index contributed by atoms with van der Waals surface area (Å²) < 4.78 is 15.3. The summed E-state index contributed by atoms with van der Waals surface area (Å²) >= 11 is 2.73. The topological polar surface area (TPSA) is 75.9 Å². The number of nitrogens with one attached hydrogen (secondary N) is 1. The number of thiazole rings is 1. The third-order valence-corrected chi connectivity index (χ3v) is 6.42. The number of hydrogen-bond acceptors (Lipinski definition) is 7. The summed E-state index contributed by atoms with van der Waals surface area (Å²) in [4.78, 5) is 19.8. The first kappa shape index (κ1) is 21.4. The van der Waals surface area contributed by atoms with Crippen LogP contribution in [-0.2, 0) is 4.79 Å². The molecule has 2 aromatic heterocycles. The largest absolute Gasteiger partial charge is 0.301 e. The minimum Gasteiger partial charge on any atom is -0.301 e. The Kier molecular flexibility index (Phi) is 6.66. The number of nitrogens with zero attached hydrogens (tertiary/aromatic N) is 5. The maximum absolute atomic E-state index is 13.4. The quantitative estimate of drug-likeness (QED) is 0.570. The molecule has 1 N–H and O–H groups in total. The Bertz CT molecular complexity index is 979. The fourth-order valence-electron chi connectivity index (χ4n) is 2.52. The van der Waals surface area contributed by atoms with Crippen molar-refractivity contribution in [2.75, 3.05) is 25.2 Å². The molecule has 154 valence electrons. The zero-order valence-corrected chi connectivity index (χ0v) is 18.6. The highest BCUT2D eigenvalue weighted by molar-refractivity contribution is 7.99. The average Bonchev–Trinajstić information content (AvgIpc) is 3.23. The average molecular weight is 435 g/mol. The van der Waals surface area contributed by atoms with E-state index >= 15 is 0 Å². The molecule has 0 fully saturated rings. The molecule has 0 saturated carbocycles. The number of hydrogen-bond donors (Lipinski definition) is 1. The molecule has 0 aliphatic heterocycles. The van der Waals surface area contributed by atoms with Gasteiger partial charge in [-0.15, -0.1) is 21.5 Å². The van der Waals surface area contributed by atoms with E-state index in [9.17, 15) is 9.18 Å². The normalized spacial score (nSPS) is 12.4. The molecule has 0 aliphatic rings. The lowest BCUT2D eigenvalue weighted by Gasteiger charge is -2.20. The Morgan fingerprint density at radius 3 is 2.55 bits per heavy atom. The van der Waals surface area contributed by atoms with Gasteiger partial charge < -0.3 is 5.32 Å². The summed E-state index contributed by atoms with van der Waals surface area (Å²) in [6.45, 7) is 5.89. The highest BCUT2D eigenvalue weighted by Gasteiger charge is 2.21. The predicted octanol–water partition coefficient (Wildman–Crippen LogP) is 3.83. The second-order valence-electron chi connectivity index (χ2n) is 6.79. The molecule has 0 spiro atoms. The molecule has 1 aromatic carbocycles. The van der Waals surface area contributed by atoms with Gasteiger partial charge in [0.25, 0.3) is 0 Å². The van der Waals surface area contributed by atoms with Crippen molar-refractivity contribution >= 4 is 34.1 Å². The van der Waals surface area contributed by atoms with Crippen LogP contribution in [0.3, 0.4) is 0 Å². The molecule has 3 rings (SSSR count). The maximum atomic E-state index is 13.4. The van der Waals surface area contributed by atoms with E-state index in [1.54, 1.807) is 12.1 Å². The third-order valence-electron chi connectivity index (χ3n) is 4.50. The second kappa shape index (κ2) is 9.02. The minimum atomic E-state index is -0.313. The number of carbonyl (C=O) groups excluding carboxylic acids is 1. The van der Waals surface area contributed by atoms with Gasteiger partial charge in [-0.05, 0) is 59.1 Å². The summed E-state index contributed by atoms with van der Waals surface area (Å²) in [5.74, 6) is 0.398. The van der Waals surface area contributed by atoms with Crippen molar-refractivity contribution in [3.05, 3.63) is 46.5 Å². The van der Waals surface area contributed by atoms with Gasteiger partial charge in [0.2, 0.25) is 5.91 Å². The molecular formula is C19H23FN6OS2. The first-order valence-electron chi connectivity index (χ1n) is 9.00. The van der Waals surface area contributed by atoms with E-state index in [4.69, 9.17) is 0 Å². The third kappa shape index (κ3) is 5.01. The zero-order chi connectivity index (χ0) is 21.1. The molecule has 0 bridgehead atoms. The number of aryl methyl sites for hydroxylation is 2. The Balaban J connectivity index is 1.81. The lowest BCUT2D eigenvalue weighted by atomic mass is 10.2. The lowest BCUT2D eigenvalue weighted by molar-refractivity contribution is -0.113. The van der Waals surface area contributed by atoms with Gasteiger partial charge in [0.15, 0.2) is 16.1 Å². The van der Waals surface area contributed by atoms with Crippen LogP contribution in [0, 0.1) is 19.7 Å². The van der Waals surface area contributed by atoms with Gasteiger partial charge in [-0.1, -0.05) is 11.8 Å². The van der Waals surface area contributed by atoms with Crippen LogP contribution in [0.5, 0.6) is 0 Å². The van der Waals surface area contributed by atoms with Gasteiger partial charge in [-0.25, -0.2) is 9.37 Å². The van der Waals surface area contributed by atoms with Crippen molar-refractivity contribution in [3.63, 3.8) is 0 Å². The molecule has 1 amide bonds. The number of benzene rings is 1. The van der Waals surface area contributed by atoms with Crippen LogP contribution in [0.15, 0.2) is 29.4 Å². The van der Waals surface area contributed by atoms with Gasteiger partial charge in [0.05, 0.1) is 17.5 Å². The van der Waals surface area contributed by atoms with Gasteiger partial charge in [0, 0.05) is 10.6 Å². The number of rotatable bonds is 7. The molecule has 0 aliphatic carbocycles. The fourth-order valence-corrected chi connectivity index (χ4v) is 4.11. The molecular weight excluding hydrogens is 411 g/mol. The van der Waals surface area contributed by atoms with Crippen LogP contribution in [0.25, 0.3) is 5.69 Å². The van der Waals surface area contributed by atoms with E-state index in [1.807, 2.05) is 44.3 Å². The van der Waals surface area contributed by atoms with E-state index in [0.717, 1.165) is 22.1 Å². The highest BCUT2D eigenvalue weighted by Crippen LogP contribution is 2.27. The van der Waals surface area contributed by atoms with Gasteiger partial charge in [-0.3, -0.25) is 14.3 Å². The fraction of sp³-hybridized carbons (Fsp3) is 0.368. The molecule has 0 radical (unpaired) electrons. The smallest absolute Gasteiger partial charge is 0.236 e. The molecule has 7 nitrogen and oxygen atoms in total. The summed E-state index contributed by atoms with van der Waals surface area (Å²) in [7, 11) is 3.90. The Morgan fingerprint density at radius 2 is 1.97 bits per heavy atom. The minimum absolute atomic E-state index is 0.0167. The van der Waals surface area contributed by atoms with Crippen molar-refractivity contribution in [1.82, 2.24) is 24.6 Å². The van der Waals surface area contributed by atoms with Crippen LogP contribution in [0.2, 0.25) is 0 Å². The van der Waals surface area contributed by atoms with Crippen molar-refractivity contribution < 1.29 is 9.18 Å². The van der Waals surface area contributed by atoms with E-state index in [-0.39, 0.29) is 23.5 Å². The Morgan fingerprint density at radius 1 is 1.28 bits per heavy atom. The van der Waals surface area contributed by atoms with Crippen LogP contribution in [0.1, 0.15) is 29.4 Å². The summed E-state index contributed by atoms with van der Waals surface area (Å²) in [6, 6.07) is 6.13. The molecule has 29 heavy (non-hydrogen) atoms. The van der Waals surface area contributed by atoms with Crippen LogP contribution in [-0.4, -0.2) is 50.4 Å². The Hall–Kier alpha value is -2.30. The number of aromatic nitrogens is 4. The number of halogens is 1. The second-order valence-corrected chi connectivity index (χ2v) is 8.94. The van der Waals surface area contributed by atoms with Crippen LogP contribution in [0.4, 0.5) is 9.52 Å². The standard InChI is InChI=1S/C19H23FN6OS2/c1-11-13(3)29-18(21-11)22-16(27)10-28-19-24-23-17(12(2)25(4)5)26(19)15-8-6-14(20)7-9-15/h6-9,12H,10H2,1-5H3,(H,21,22,27)/t12-/m0/s1. The van der Waals surface area contributed by atoms with Gasteiger partial charge in [0.1, 0.15) is 5.82 Å². The van der Waals surface area contributed by atoms with Crippen LogP contribution >= 0.6 is 23.1 Å². The van der Waals surface area contributed by atoms with E-state index in [2.05, 4.69) is 20.5 Å². The van der Waals surface area contributed by atoms with Crippen LogP contribution < -0.4 is 5.32 Å². The monoisotopic (exact) mass is 434 g/mol. The number of amides is 1. The van der Waals surface area contributed by atoms with Crippen molar-refractivity contribution in [2.24, 2.45) is 0 Å². The lowest BCUT2D eigenvalue weighted by Crippen LogP contribution is -2.21. The highest BCUT2D eigenvalue weighted by atomic mass is 32.2. The first-order chi connectivity index (χ1) is 13.8. The molecule has 3 aromatic rings. The molecule has 0 unspecified atom stereocenters. The van der Waals surface area contributed by atoms with Gasteiger partial charge in [-0.2, -0.15) is 0 Å². The first-order valence-corrected chi connectivity index (χ1v) is 10.8. The van der Waals surface area contributed by atoms with E-state index in [1.165, 1.54) is 35.2 Å². The molecule has 0 saturated heterocycles. The summed E-state index contributed by atoms with van der Waals surface area (Å²) in [5, 5.41) is 12.6. The zero-order valence-electron chi connectivity index (χ0n) is 16.9. The van der Waals surface area contributed by atoms with Crippen molar-refractivity contribution in [2.45, 2.75) is 32.0 Å². The number of thioether (sulfide) groups is 1. The molecule has 1 atom stereocenters. The van der Waals surface area contributed by atoms with Crippen molar-refractivity contribution in [1.29, 1.82) is 0 Å². The summed E-state index contributed by atoms with van der Waals surface area (Å²) in [6.07, 6.45) is 0. The van der Waals surface area contributed by atoms with E-state index < -0.39 is 0 Å². The van der Waals surface area contributed by atoms with E-state index in [0.29, 0.717) is 10.3 Å². The van der Waals surface area contributed by atoms with Crippen molar-refractivity contribution in [3.8, 4) is 5.69 Å². The number of carbonyl (C=O) groups is 1. The van der Waals surface area contributed by atoms with Gasteiger partial charge >= 0.3 is 0 Å². The number of anilines is 1. The SMILES string of the molecule is Cc1nc(NC(=O)CSc2nnc([C@H](C)N(C)C)n2-c2ccc(F)cc2)sc1C. The predicted molar refractivity (Wildman–Crippen MR) is 114 cm³/mol. The maximum Gasteiger partial charge on any atom is 0.236 e.